The first-order chi connectivity index (χ1) is 9.27. The van der Waals surface area contributed by atoms with Crippen LogP contribution in [0.15, 0.2) is 5.38 Å². The third-order valence-electron chi connectivity index (χ3n) is 2.97. The second kappa shape index (κ2) is 5.39. The van der Waals surface area contributed by atoms with Crippen LogP contribution in [0.1, 0.15) is 23.0 Å². The van der Waals surface area contributed by atoms with Gasteiger partial charge in [-0.25, -0.2) is 4.98 Å². The molecule has 1 aromatic rings. The number of aromatic nitrogens is 1. The van der Waals surface area contributed by atoms with E-state index in [-0.39, 0.29) is 25.4 Å². The summed E-state index contributed by atoms with van der Waals surface area (Å²) in [5, 5.41) is 10.8. The van der Waals surface area contributed by atoms with Gasteiger partial charge in [-0.3, -0.25) is 9.59 Å². The predicted molar refractivity (Wildman–Crippen MR) is 63.4 cm³/mol. The zero-order valence-corrected chi connectivity index (χ0v) is 11.0. The topological polar surface area (TPSA) is 70.5 Å². The second-order valence-corrected chi connectivity index (χ2v) is 5.37. The number of hydrogen-bond acceptors (Lipinski definition) is 4. The van der Waals surface area contributed by atoms with Crippen LogP contribution in [0.5, 0.6) is 0 Å². The Bertz CT molecular complexity index is 529. The molecule has 2 rings (SSSR count). The van der Waals surface area contributed by atoms with E-state index in [4.69, 9.17) is 5.11 Å². The van der Waals surface area contributed by atoms with Gasteiger partial charge in [0.05, 0.1) is 17.1 Å². The molecule has 110 valence electrons. The lowest BCUT2D eigenvalue weighted by Gasteiger charge is -2.17. The predicted octanol–water partition coefficient (Wildman–Crippen LogP) is 1.65. The number of halogens is 3. The van der Waals surface area contributed by atoms with Crippen LogP contribution >= 0.6 is 11.3 Å². The average Bonchev–Trinajstić information content (AvgIpc) is 2.93. The number of carboxylic acid groups (broad SMARTS) is 1. The number of aliphatic carboxylic acids is 1. The molecule has 0 saturated carbocycles. The van der Waals surface area contributed by atoms with Crippen molar-refractivity contribution in [3.8, 4) is 0 Å². The Morgan fingerprint density at radius 3 is 2.80 bits per heavy atom. The van der Waals surface area contributed by atoms with E-state index in [9.17, 15) is 22.8 Å². The van der Waals surface area contributed by atoms with Gasteiger partial charge in [0.25, 0.3) is 0 Å². The van der Waals surface area contributed by atoms with Crippen LogP contribution in [-0.4, -0.2) is 46.1 Å². The Morgan fingerprint density at radius 2 is 2.20 bits per heavy atom. The molecule has 1 aromatic heterocycles. The fraction of sp³-hybridized carbons (Fsp3) is 0.545. The number of hydrogen-bond donors (Lipinski definition) is 1. The van der Waals surface area contributed by atoms with E-state index >= 15 is 0 Å². The number of carbonyl (C=O) groups is 2. The summed E-state index contributed by atoms with van der Waals surface area (Å²) in [7, 11) is 0. The number of alkyl halides is 3. The average molecular weight is 308 g/mol. The lowest BCUT2D eigenvalue weighted by molar-refractivity contribution is -0.184. The van der Waals surface area contributed by atoms with Gasteiger partial charge in [-0.15, -0.1) is 11.3 Å². The molecule has 1 aliphatic heterocycles. The summed E-state index contributed by atoms with van der Waals surface area (Å²) >= 11 is 1.22. The van der Waals surface area contributed by atoms with Gasteiger partial charge in [0, 0.05) is 24.4 Å². The Kier molecular flexibility index (Phi) is 3.98. The van der Waals surface area contributed by atoms with Gasteiger partial charge in [0.15, 0.2) is 0 Å². The zero-order valence-electron chi connectivity index (χ0n) is 10.2. The van der Waals surface area contributed by atoms with Gasteiger partial charge in [0.2, 0.25) is 0 Å². The monoisotopic (exact) mass is 308 g/mol. The minimum Gasteiger partial charge on any atom is -0.481 e. The summed E-state index contributed by atoms with van der Waals surface area (Å²) in [5.41, 5.74) is 0.387. The third-order valence-corrected chi connectivity index (χ3v) is 4.03. The SMILES string of the molecule is O=C(O)Cc1csc(C2CCN(C(=O)C(F)(F)F)C2)n1. The van der Waals surface area contributed by atoms with Gasteiger partial charge in [-0.05, 0) is 6.42 Å². The summed E-state index contributed by atoms with van der Waals surface area (Å²) in [6.07, 6.45) is -4.66. The molecule has 0 spiro atoms. The molecular formula is C11H11F3N2O3S. The summed E-state index contributed by atoms with van der Waals surface area (Å²) < 4.78 is 36.9. The van der Waals surface area contributed by atoms with Crippen LogP contribution in [0.25, 0.3) is 0 Å². The number of rotatable bonds is 3. The molecule has 1 saturated heterocycles. The maximum Gasteiger partial charge on any atom is 0.471 e. The first-order valence-electron chi connectivity index (χ1n) is 5.79. The highest BCUT2D eigenvalue weighted by molar-refractivity contribution is 7.09. The molecule has 1 fully saturated rings. The lowest BCUT2D eigenvalue weighted by Crippen LogP contribution is -2.39. The maximum absolute atomic E-state index is 12.3. The molecule has 1 amide bonds. The van der Waals surface area contributed by atoms with Gasteiger partial charge >= 0.3 is 18.1 Å². The van der Waals surface area contributed by atoms with Crippen LogP contribution in [-0.2, 0) is 16.0 Å². The number of carboxylic acids is 1. The van der Waals surface area contributed by atoms with Crippen molar-refractivity contribution >= 4 is 23.2 Å². The van der Waals surface area contributed by atoms with E-state index < -0.39 is 18.1 Å². The smallest absolute Gasteiger partial charge is 0.471 e. The Hall–Kier alpha value is -1.64. The molecule has 20 heavy (non-hydrogen) atoms. The van der Waals surface area contributed by atoms with Crippen LogP contribution in [0.2, 0.25) is 0 Å². The normalized spacial score (nSPS) is 19.4. The van der Waals surface area contributed by atoms with E-state index in [0.29, 0.717) is 17.1 Å². The molecular weight excluding hydrogens is 297 g/mol. The largest absolute Gasteiger partial charge is 0.481 e. The quantitative estimate of drug-likeness (QED) is 0.921. The van der Waals surface area contributed by atoms with Crippen molar-refractivity contribution < 1.29 is 27.9 Å². The molecule has 9 heteroatoms. The highest BCUT2D eigenvalue weighted by Crippen LogP contribution is 2.32. The zero-order chi connectivity index (χ0) is 14.9. The highest BCUT2D eigenvalue weighted by Gasteiger charge is 2.45. The van der Waals surface area contributed by atoms with Crippen LogP contribution in [0, 0.1) is 0 Å². The molecule has 1 N–H and O–H groups in total. The van der Waals surface area contributed by atoms with Crippen molar-refractivity contribution in [1.29, 1.82) is 0 Å². The van der Waals surface area contributed by atoms with Gasteiger partial charge in [-0.2, -0.15) is 13.2 Å². The first kappa shape index (κ1) is 14.8. The van der Waals surface area contributed by atoms with E-state index in [1.54, 1.807) is 5.38 Å². The molecule has 0 aliphatic carbocycles. The third kappa shape index (κ3) is 3.27. The molecule has 5 nitrogen and oxygen atoms in total. The summed E-state index contributed by atoms with van der Waals surface area (Å²) in [5.74, 6) is -3.10. The number of likely N-dealkylation sites (tertiary alicyclic amines) is 1. The molecule has 0 aromatic carbocycles. The molecule has 1 atom stereocenters. The molecule has 1 unspecified atom stereocenters. The van der Waals surface area contributed by atoms with E-state index in [2.05, 4.69) is 4.98 Å². The fourth-order valence-electron chi connectivity index (χ4n) is 2.07. The molecule has 1 aliphatic rings. The number of thiazole rings is 1. The van der Waals surface area contributed by atoms with Crippen molar-refractivity contribution in [2.45, 2.75) is 24.9 Å². The van der Waals surface area contributed by atoms with Crippen LogP contribution in [0.4, 0.5) is 13.2 Å². The van der Waals surface area contributed by atoms with Gasteiger partial charge < -0.3 is 10.0 Å². The number of nitrogens with zero attached hydrogens (tertiary/aromatic N) is 2. The number of carbonyl (C=O) groups excluding carboxylic acids is 1. The standard InChI is InChI=1S/C11H11F3N2O3S/c12-11(13,14)10(19)16-2-1-6(4-16)9-15-7(5-20-9)3-8(17)18/h5-6H,1-4H2,(H,17,18). The maximum atomic E-state index is 12.3. The van der Waals surface area contributed by atoms with Crippen molar-refractivity contribution in [1.82, 2.24) is 9.88 Å². The summed E-state index contributed by atoms with van der Waals surface area (Å²) in [6, 6.07) is 0. The first-order valence-corrected chi connectivity index (χ1v) is 6.67. The number of amides is 1. The Labute approximate surface area is 116 Å². The van der Waals surface area contributed by atoms with Crippen LogP contribution < -0.4 is 0 Å². The molecule has 0 radical (unpaired) electrons. The van der Waals surface area contributed by atoms with Gasteiger partial charge in [-0.1, -0.05) is 0 Å². The minimum absolute atomic E-state index is 0.0294. The minimum atomic E-state index is -4.85. The Balaban J connectivity index is 2.01. The van der Waals surface area contributed by atoms with E-state index in [0.717, 1.165) is 4.90 Å². The molecule has 0 bridgehead atoms. The molecule has 2 heterocycles. The van der Waals surface area contributed by atoms with Crippen molar-refractivity contribution in [3.05, 3.63) is 16.1 Å². The van der Waals surface area contributed by atoms with Crippen molar-refractivity contribution in [2.24, 2.45) is 0 Å². The van der Waals surface area contributed by atoms with Crippen molar-refractivity contribution in [3.63, 3.8) is 0 Å². The summed E-state index contributed by atoms with van der Waals surface area (Å²) in [4.78, 5) is 26.5. The van der Waals surface area contributed by atoms with Crippen molar-refractivity contribution in [2.75, 3.05) is 13.1 Å². The van der Waals surface area contributed by atoms with Crippen LogP contribution in [0.3, 0.4) is 0 Å². The highest BCUT2D eigenvalue weighted by atomic mass is 32.1. The van der Waals surface area contributed by atoms with Gasteiger partial charge in [0.1, 0.15) is 0 Å². The second-order valence-electron chi connectivity index (χ2n) is 4.48. The fourth-order valence-corrected chi connectivity index (χ4v) is 3.02. The Morgan fingerprint density at radius 1 is 1.50 bits per heavy atom. The summed E-state index contributed by atoms with van der Waals surface area (Å²) in [6.45, 7) is 0.00915. The van der Waals surface area contributed by atoms with E-state index in [1.165, 1.54) is 11.3 Å². The lowest BCUT2D eigenvalue weighted by atomic mass is 10.1. The van der Waals surface area contributed by atoms with E-state index in [1.807, 2.05) is 0 Å².